The van der Waals surface area contributed by atoms with Crippen LogP contribution in [0.25, 0.3) is 0 Å². The third kappa shape index (κ3) is 4.10. The van der Waals surface area contributed by atoms with E-state index in [1.54, 1.807) is 6.07 Å². The third-order valence-corrected chi connectivity index (χ3v) is 4.09. The summed E-state index contributed by atoms with van der Waals surface area (Å²) in [5, 5.41) is 1.34. The third-order valence-electron chi connectivity index (χ3n) is 3.13. The Kier molecular flexibility index (Phi) is 5.45. The van der Waals surface area contributed by atoms with E-state index >= 15 is 0 Å². The molecule has 0 aliphatic heterocycles. The van der Waals surface area contributed by atoms with E-state index in [0.29, 0.717) is 16.6 Å². The van der Waals surface area contributed by atoms with Gasteiger partial charge in [0.05, 0.1) is 0 Å². The maximum Gasteiger partial charge on any atom is 0.120 e. The van der Waals surface area contributed by atoms with E-state index in [2.05, 4.69) is 6.92 Å². The van der Waals surface area contributed by atoms with Gasteiger partial charge in [0.2, 0.25) is 0 Å². The minimum absolute atomic E-state index is 0.328. The molecule has 0 unspecified atom stereocenters. The maximum atomic E-state index is 6.21. The molecule has 2 rings (SSSR count). The van der Waals surface area contributed by atoms with E-state index in [4.69, 9.17) is 45.9 Å². The van der Waals surface area contributed by atoms with Crippen molar-refractivity contribution >= 4 is 40.4 Å². The fourth-order valence-electron chi connectivity index (χ4n) is 1.89. The number of ether oxygens (including phenoxy) is 1. The lowest BCUT2D eigenvalue weighted by Crippen LogP contribution is -2.09. The fourth-order valence-corrected chi connectivity index (χ4v) is 2.50. The van der Waals surface area contributed by atoms with Crippen LogP contribution in [-0.2, 0) is 13.0 Å². The van der Waals surface area contributed by atoms with Crippen LogP contribution in [0.2, 0.25) is 10.0 Å². The van der Waals surface area contributed by atoms with Crippen LogP contribution in [0, 0.1) is 0 Å². The highest BCUT2D eigenvalue weighted by molar-refractivity contribution is 7.80. The predicted molar refractivity (Wildman–Crippen MR) is 92.5 cm³/mol. The molecule has 0 saturated carbocycles. The molecule has 0 amide bonds. The largest absolute Gasteiger partial charge is 0.489 e. The summed E-state index contributed by atoms with van der Waals surface area (Å²) < 4.78 is 5.76. The number of nitrogens with two attached hydrogens (primary N) is 1. The van der Waals surface area contributed by atoms with Gasteiger partial charge in [-0.25, -0.2) is 0 Å². The van der Waals surface area contributed by atoms with Crippen LogP contribution in [0.5, 0.6) is 5.75 Å². The van der Waals surface area contributed by atoms with E-state index < -0.39 is 0 Å². The topological polar surface area (TPSA) is 35.2 Å². The van der Waals surface area contributed by atoms with Crippen molar-refractivity contribution in [3.63, 3.8) is 0 Å². The van der Waals surface area contributed by atoms with Crippen molar-refractivity contribution in [2.45, 2.75) is 20.0 Å². The highest BCUT2D eigenvalue weighted by Crippen LogP contribution is 2.25. The molecule has 0 bridgehead atoms. The molecule has 2 N–H and O–H groups in total. The first kappa shape index (κ1) is 16.1. The SMILES string of the molecule is CCc1cc(OCc2ccc(C(N)=S)cc2Cl)ccc1Cl. The van der Waals surface area contributed by atoms with Gasteiger partial charge < -0.3 is 10.5 Å². The lowest BCUT2D eigenvalue weighted by atomic mass is 10.1. The van der Waals surface area contributed by atoms with Gasteiger partial charge in [0.1, 0.15) is 17.3 Å². The van der Waals surface area contributed by atoms with Gasteiger partial charge in [0.25, 0.3) is 0 Å². The number of thiocarbonyl (C=S) groups is 1. The average Bonchev–Trinajstić information content (AvgIpc) is 2.47. The van der Waals surface area contributed by atoms with Crippen LogP contribution in [0.15, 0.2) is 36.4 Å². The molecule has 0 radical (unpaired) electrons. The van der Waals surface area contributed by atoms with Gasteiger partial charge in [-0.15, -0.1) is 0 Å². The highest BCUT2D eigenvalue weighted by atomic mass is 35.5. The molecular weight excluding hydrogens is 325 g/mol. The standard InChI is InChI=1S/C16H15Cl2NOS/c1-2-10-7-13(5-6-14(10)17)20-9-12-4-3-11(16(19)21)8-15(12)18/h3-8H,2,9H2,1H3,(H2,19,21). The van der Waals surface area contributed by atoms with Crippen molar-refractivity contribution < 1.29 is 4.74 Å². The second-order valence-corrected chi connectivity index (χ2v) is 5.82. The van der Waals surface area contributed by atoms with Crippen LogP contribution in [0.1, 0.15) is 23.6 Å². The van der Waals surface area contributed by atoms with Gasteiger partial charge in [0, 0.05) is 21.2 Å². The Morgan fingerprint density at radius 1 is 1.10 bits per heavy atom. The van der Waals surface area contributed by atoms with Gasteiger partial charge in [-0.05, 0) is 36.2 Å². The van der Waals surface area contributed by atoms with Crippen LogP contribution < -0.4 is 10.5 Å². The van der Waals surface area contributed by atoms with Crippen molar-refractivity contribution in [3.8, 4) is 5.75 Å². The van der Waals surface area contributed by atoms with E-state index in [1.807, 2.05) is 30.3 Å². The van der Waals surface area contributed by atoms with E-state index in [-0.39, 0.29) is 0 Å². The Labute approximate surface area is 139 Å². The second kappa shape index (κ2) is 7.12. The quantitative estimate of drug-likeness (QED) is 0.797. The number of rotatable bonds is 5. The highest BCUT2D eigenvalue weighted by Gasteiger charge is 2.06. The Hall–Kier alpha value is -1.29. The summed E-state index contributed by atoms with van der Waals surface area (Å²) >= 11 is 17.2. The maximum absolute atomic E-state index is 6.21. The summed E-state index contributed by atoms with van der Waals surface area (Å²) in [6.07, 6.45) is 0.861. The molecule has 0 spiro atoms. The lowest BCUT2D eigenvalue weighted by Gasteiger charge is -2.10. The van der Waals surface area contributed by atoms with E-state index in [9.17, 15) is 0 Å². The number of halogens is 2. The molecule has 110 valence electrons. The van der Waals surface area contributed by atoms with Crippen LogP contribution >= 0.6 is 35.4 Å². The molecule has 2 aromatic carbocycles. The summed E-state index contributed by atoms with van der Waals surface area (Å²) in [6.45, 7) is 2.43. The van der Waals surface area contributed by atoms with Crippen molar-refractivity contribution in [2.75, 3.05) is 0 Å². The minimum Gasteiger partial charge on any atom is -0.489 e. The predicted octanol–water partition coefficient (Wildman–Crippen LogP) is 4.77. The van der Waals surface area contributed by atoms with E-state index in [1.165, 1.54) is 0 Å². The van der Waals surface area contributed by atoms with Crippen molar-refractivity contribution in [1.82, 2.24) is 0 Å². The monoisotopic (exact) mass is 339 g/mol. The van der Waals surface area contributed by atoms with Crippen LogP contribution in [0.3, 0.4) is 0 Å². The molecule has 2 nitrogen and oxygen atoms in total. The first-order valence-corrected chi connectivity index (χ1v) is 7.67. The Balaban J connectivity index is 2.11. The number of hydrogen-bond donors (Lipinski definition) is 1. The Morgan fingerprint density at radius 3 is 2.48 bits per heavy atom. The molecule has 0 fully saturated rings. The second-order valence-electron chi connectivity index (χ2n) is 4.57. The number of benzene rings is 2. The molecule has 0 saturated heterocycles. The van der Waals surface area contributed by atoms with Crippen molar-refractivity contribution in [1.29, 1.82) is 0 Å². The Morgan fingerprint density at radius 2 is 1.86 bits per heavy atom. The zero-order chi connectivity index (χ0) is 15.4. The van der Waals surface area contributed by atoms with Crippen LogP contribution in [-0.4, -0.2) is 4.99 Å². The zero-order valence-corrected chi connectivity index (χ0v) is 13.9. The summed E-state index contributed by atoms with van der Waals surface area (Å²) in [4.78, 5) is 0.328. The Bertz CT molecular complexity index is 673. The molecule has 0 heterocycles. The molecule has 5 heteroatoms. The van der Waals surface area contributed by atoms with Gasteiger partial charge >= 0.3 is 0 Å². The first-order valence-electron chi connectivity index (χ1n) is 6.50. The smallest absolute Gasteiger partial charge is 0.120 e. The first-order chi connectivity index (χ1) is 10.0. The summed E-state index contributed by atoms with van der Waals surface area (Å²) in [7, 11) is 0. The van der Waals surface area contributed by atoms with Crippen LogP contribution in [0.4, 0.5) is 0 Å². The van der Waals surface area contributed by atoms with Crippen molar-refractivity contribution in [2.24, 2.45) is 5.73 Å². The summed E-state index contributed by atoms with van der Waals surface area (Å²) in [6, 6.07) is 11.1. The average molecular weight is 340 g/mol. The van der Waals surface area contributed by atoms with Gasteiger partial charge in [-0.2, -0.15) is 0 Å². The zero-order valence-electron chi connectivity index (χ0n) is 11.5. The normalized spacial score (nSPS) is 10.4. The number of aryl methyl sites for hydroxylation is 1. The van der Waals surface area contributed by atoms with Gasteiger partial charge in [-0.3, -0.25) is 0 Å². The van der Waals surface area contributed by atoms with Gasteiger partial charge in [-0.1, -0.05) is 54.5 Å². The summed E-state index contributed by atoms with van der Waals surface area (Å²) in [5.41, 5.74) is 8.26. The fraction of sp³-hybridized carbons (Fsp3) is 0.188. The van der Waals surface area contributed by atoms with Crippen molar-refractivity contribution in [3.05, 3.63) is 63.1 Å². The lowest BCUT2D eigenvalue weighted by molar-refractivity contribution is 0.306. The summed E-state index contributed by atoms with van der Waals surface area (Å²) in [5.74, 6) is 0.769. The minimum atomic E-state index is 0.328. The molecule has 0 aliphatic rings. The molecule has 0 aliphatic carbocycles. The molecule has 2 aromatic rings. The molecular formula is C16H15Cl2NOS. The molecule has 0 atom stereocenters. The van der Waals surface area contributed by atoms with Gasteiger partial charge in [0.15, 0.2) is 0 Å². The number of hydrogen-bond acceptors (Lipinski definition) is 2. The molecule has 0 aromatic heterocycles. The van der Waals surface area contributed by atoms with E-state index in [0.717, 1.165) is 33.9 Å². The molecule has 21 heavy (non-hydrogen) atoms.